The zero-order valence-electron chi connectivity index (χ0n) is 25.5. The number of likely N-dealkylation sites (tertiary alicyclic amines) is 1. The molecule has 0 saturated carbocycles. The molecule has 9 nitrogen and oxygen atoms in total. The zero-order chi connectivity index (χ0) is 29.2. The van der Waals surface area contributed by atoms with Crippen molar-refractivity contribution in [3.63, 3.8) is 0 Å². The van der Waals surface area contributed by atoms with Crippen molar-refractivity contribution in [1.82, 2.24) is 19.6 Å². The third-order valence-electron chi connectivity index (χ3n) is 8.24. The summed E-state index contributed by atoms with van der Waals surface area (Å²) in [5, 5.41) is 0. The van der Waals surface area contributed by atoms with Crippen LogP contribution in [0.15, 0.2) is 24.8 Å². The van der Waals surface area contributed by atoms with Crippen molar-refractivity contribution in [3.8, 4) is 17.2 Å². The van der Waals surface area contributed by atoms with Crippen LogP contribution in [-0.4, -0.2) is 112 Å². The van der Waals surface area contributed by atoms with E-state index >= 15 is 0 Å². The zero-order valence-corrected chi connectivity index (χ0v) is 25.5. The van der Waals surface area contributed by atoms with Crippen molar-refractivity contribution in [2.24, 2.45) is 5.92 Å². The van der Waals surface area contributed by atoms with Gasteiger partial charge >= 0.3 is 0 Å². The molecular formula is C31H50N4O5. The van der Waals surface area contributed by atoms with E-state index in [4.69, 9.17) is 14.2 Å². The highest BCUT2D eigenvalue weighted by atomic mass is 16.7. The number of carbonyl (C=O) groups is 2. The predicted octanol–water partition coefficient (Wildman–Crippen LogP) is 3.83. The summed E-state index contributed by atoms with van der Waals surface area (Å²) in [4.78, 5) is 34.0. The molecule has 0 spiro atoms. The van der Waals surface area contributed by atoms with E-state index in [0.29, 0.717) is 36.9 Å². The lowest BCUT2D eigenvalue weighted by Crippen LogP contribution is -2.44. The highest BCUT2D eigenvalue weighted by Crippen LogP contribution is 2.47. The molecule has 0 bridgehead atoms. The molecule has 0 unspecified atom stereocenters. The summed E-state index contributed by atoms with van der Waals surface area (Å²) in [5.74, 6) is 2.38. The number of amides is 2. The van der Waals surface area contributed by atoms with Gasteiger partial charge in [0.25, 0.3) is 0 Å². The van der Waals surface area contributed by atoms with Crippen LogP contribution in [0.3, 0.4) is 0 Å². The molecular weight excluding hydrogens is 508 g/mol. The van der Waals surface area contributed by atoms with Crippen LogP contribution in [0.5, 0.6) is 17.2 Å². The molecule has 1 aromatic carbocycles. The molecule has 0 aromatic heterocycles. The number of carbonyl (C=O) groups excluding carboxylic acids is 2. The second kappa shape index (κ2) is 15.3. The number of nitrogens with zero attached hydrogens (tertiary/aromatic N) is 4. The summed E-state index contributed by atoms with van der Waals surface area (Å²) in [5.41, 5.74) is 1.08. The third-order valence-corrected chi connectivity index (χ3v) is 8.24. The average molecular weight is 559 g/mol. The topological polar surface area (TPSA) is 74.8 Å². The lowest BCUT2D eigenvalue weighted by molar-refractivity contribution is -0.133. The fourth-order valence-corrected chi connectivity index (χ4v) is 5.79. The van der Waals surface area contributed by atoms with Crippen molar-refractivity contribution in [2.75, 3.05) is 74.3 Å². The summed E-state index contributed by atoms with van der Waals surface area (Å²) in [6, 6.07) is 4.14. The number of rotatable bonds is 16. The number of unbranched alkanes of at least 4 members (excludes halogenated alkanes) is 2. The Hall–Kier alpha value is -2.78. The molecule has 0 radical (unpaired) electrons. The van der Waals surface area contributed by atoms with Crippen LogP contribution in [0.2, 0.25) is 0 Å². The Morgan fingerprint density at radius 3 is 2.48 bits per heavy atom. The lowest BCUT2D eigenvalue weighted by Gasteiger charge is -2.31. The van der Waals surface area contributed by atoms with Crippen molar-refractivity contribution >= 4 is 11.8 Å². The third kappa shape index (κ3) is 8.13. The molecule has 40 heavy (non-hydrogen) atoms. The van der Waals surface area contributed by atoms with Crippen LogP contribution in [0.25, 0.3) is 0 Å². The minimum Gasteiger partial charge on any atom is -0.493 e. The van der Waals surface area contributed by atoms with Crippen LogP contribution in [0.1, 0.15) is 57.4 Å². The molecule has 1 fully saturated rings. The smallest absolute Gasteiger partial charge is 0.236 e. The highest BCUT2D eigenvalue weighted by molar-refractivity contribution is 5.78. The minimum atomic E-state index is 0.0382. The maximum absolute atomic E-state index is 13.7. The van der Waals surface area contributed by atoms with Gasteiger partial charge in [0.1, 0.15) is 0 Å². The first-order valence-corrected chi connectivity index (χ1v) is 14.7. The van der Waals surface area contributed by atoms with Gasteiger partial charge in [-0.1, -0.05) is 19.4 Å². The molecule has 224 valence electrons. The van der Waals surface area contributed by atoms with Gasteiger partial charge in [0.2, 0.25) is 24.4 Å². The standard InChI is InChI=1S/C31H50N4O5/c1-8-10-15-34(16-12-11-14-32(4)5)30(37)21-35-20-26(25(9-2)27(35)13-17-33(6)23(3)36)24-18-28(38-7)31-29(19-24)39-22-40-31/h9,18-19,25-27H,2,8,10-17,20-22H2,1,3-7H3/t25-,26-,27+/m1/s1. The predicted molar refractivity (Wildman–Crippen MR) is 158 cm³/mol. The van der Waals surface area contributed by atoms with Gasteiger partial charge in [-0.05, 0) is 64.0 Å². The summed E-state index contributed by atoms with van der Waals surface area (Å²) < 4.78 is 17.0. The molecule has 3 rings (SSSR count). The first-order chi connectivity index (χ1) is 19.2. The van der Waals surface area contributed by atoms with E-state index in [1.807, 2.05) is 25.3 Å². The van der Waals surface area contributed by atoms with Crippen LogP contribution in [0.4, 0.5) is 0 Å². The van der Waals surface area contributed by atoms with Crippen molar-refractivity contribution < 1.29 is 23.8 Å². The molecule has 0 aliphatic carbocycles. The Balaban J connectivity index is 1.83. The van der Waals surface area contributed by atoms with Gasteiger partial charge in [-0.3, -0.25) is 14.5 Å². The van der Waals surface area contributed by atoms with Gasteiger partial charge in [0, 0.05) is 58.0 Å². The Bertz CT molecular complexity index is 1000. The fourth-order valence-electron chi connectivity index (χ4n) is 5.79. The van der Waals surface area contributed by atoms with Crippen LogP contribution < -0.4 is 14.2 Å². The second-order valence-corrected chi connectivity index (χ2v) is 11.3. The fraction of sp³-hybridized carbons (Fsp3) is 0.677. The van der Waals surface area contributed by atoms with E-state index in [-0.39, 0.29) is 36.5 Å². The Morgan fingerprint density at radius 2 is 1.82 bits per heavy atom. The monoisotopic (exact) mass is 558 g/mol. The Labute approximate surface area is 241 Å². The molecule has 0 N–H and O–H groups in total. The molecule has 9 heteroatoms. The molecule has 2 aliphatic heterocycles. The van der Waals surface area contributed by atoms with E-state index in [2.05, 4.69) is 42.3 Å². The van der Waals surface area contributed by atoms with Gasteiger partial charge in [-0.25, -0.2) is 0 Å². The second-order valence-electron chi connectivity index (χ2n) is 11.3. The Morgan fingerprint density at radius 1 is 1.10 bits per heavy atom. The SMILES string of the molecule is C=C[C@@H]1[C@@H](c2cc(OC)c3c(c2)OCO3)CN(CC(=O)N(CCCC)CCCCN(C)C)[C@H]1CCN(C)C(C)=O. The van der Waals surface area contributed by atoms with Gasteiger partial charge in [0.05, 0.1) is 13.7 Å². The maximum Gasteiger partial charge on any atom is 0.236 e. The summed E-state index contributed by atoms with van der Waals surface area (Å²) >= 11 is 0. The first-order valence-electron chi connectivity index (χ1n) is 14.7. The summed E-state index contributed by atoms with van der Waals surface area (Å²) in [7, 11) is 7.63. The number of ether oxygens (including phenoxy) is 3. The highest BCUT2D eigenvalue weighted by Gasteiger charge is 2.42. The molecule has 2 aliphatic rings. The Kier molecular flexibility index (Phi) is 12.1. The number of methoxy groups -OCH3 is 1. The van der Waals surface area contributed by atoms with E-state index in [1.54, 1.807) is 18.9 Å². The maximum atomic E-state index is 13.7. The van der Waals surface area contributed by atoms with E-state index in [1.165, 1.54) is 0 Å². The molecule has 2 amide bonds. The van der Waals surface area contributed by atoms with Gasteiger partial charge < -0.3 is 28.9 Å². The van der Waals surface area contributed by atoms with Gasteiger partial charge in [0.15, 0.2) is 11.5 Å². The quantitative estimate of drug-likeness (QED) is 0.226. The van der Waals surface area contributed by atoms with Crippen molar-refractivity contribution in [1.29, 1.82) is 0 Å². The van der Waals surface area contributed by atoms with E-state index in [9.17, 15) is 9.59 Å². The number of fused-ring (bicyclic) bond motifs is 1. The van der Waals surface area contributed by atoms with Crippen LogP contribution in [0, 0.1) is 5.92 Å². The van der Waals surface area contributed by atoms with Crippen molar-refractivity contribution in [3.05, 3.63) is 30.4 Å². The van der Waals surface area contributed by atoms with Crippen molar-refractivity contribution in [2.45, 2.75) is 57.9 Å². The largest absolute Gasteiger partial charge is 0.493 e. The molecule has 1 aromatic rings. The molecule has 3 atom stereocenters. The van der Waals surface area contributed by atoms with E-state index in [0.717, 1.165) is 57.3 Å². The average Bonchev–Trinajstić information content (AvgIpc) is 3.54. The summed E-state index contributed by atoms with van der Waals surface area (Å²) in [6.07, 6.45) is 6.89. The van der Waals surface area contributed by atoms with Crippen LogP contribution in [-0.2, 0) is 9.59 Å². The first kappa shape index (κ1) is 31.7. The van der Waals surface area contributed by atoms with Gasteiger partial charge in [-0.15, -0.1) is 6.58 Å². The van der Waals surface area contributed by atoms with Gasteiger partial charge in [-0.2, -0.15) is 0 Å². The number of benzene rings is 1. The van der Waals surface area contributed by atoms with Crippen LogP contribution >= 0.6 is 0 Å². The normalized spacial score (nSPS) is 20.1. The summed E-state index contributed by atoms with van der Waals surface area (Å²) in [6.45, 7) is 12.4. The molecule has 2 heterocycles. The number of hydrogen-bond acceptors (Lipinski definition) is 7. The van der Waals surface area contributed by atoms with E-state index < -0.39 is 0 Å². The minimum absolute atomic E-state index is 0.0382. The molecule has 1 saturated heterocycles. The lowest BCUT2D eigenvalue weighted by atomic mass is 9.84. The number of hydrogen-bond donors (Lipinski definition) is 0.